The maximum Gasteiger partial charge on any atom is 0.341 e. The number of fused-ring (bicyclic) bond motifs is 1. The molecule has 10 heteroatoms. The van der Waals surface area contributed by atoms with Gasteiger partial charge in [0.1, 0.15) is 22.8 Å². The van der Waals surface area contributed by atoms with Crippen LogP contribution >= 0.6 is 11.3 Å². The third-order valence-electron chi connectivity index (χ3n) is 6.47. The Balaban J connectivity index is 1.54. The van der Waals surface area contributed by atoms with Crippen molar-refractivity contribution in [1.82, 2.24) is 10.2 Å². The quantitative estimate of drug-likeness (QED) is 0.446. The van der Waals surface area contributed by atoms with E-state index in [1.54, 1.807) is 38.1 Å². The normalized spacial score (nSPS) is 21.4. The number of amides is 4. The van der Waals surface area contributed by atoms with Crippen LogP contribution < -0.4 is 15.4 Å². The van der Waals surface area contributed by atoms with Crippen molar-refractivity contribution >= 4 is 40.2 Å². The third kappa shape index (κ3) is 4.62. The Bertz CT molecular complexity index is 1190. The molecule has 2 N–H and O–H groups in total. The second-order valence-electron chi connectivity index (χ2n) is 9.00. The fraction of sp³-hybridized carbons (Fsp3) is 0.440. The maximum atomic E-state index is 13.2. The van der Waals surface area contributed by atoms with Crippen LogP contribution in [-0.4, -0.2) is 49.0 Å². The highest BCUT2D eigenvalue weighted by Gasteiger charge is 2.49. The summed E-state index contributed by atoms with van der Waals surface area (Å²) in [5.74, 6) is -0.559. The molecular formula is C25H29N3O6S. The fourth-order valence-corrected chi connectivity index (χ4v) is 5.95. The average molecular weight is 500 g/mol. The topological polar surface area (TPSA) is 114 Å². The van der Waals surface area contributed by atoms with Crippen molar-refractivity contribution in [3.8, 4) is 5.75 Å². The van der Waals surface area contributed by atoms with Crippen LogP contribution in [0.5, 0.6) is 5.75 Å². The van der Waals surface area contributed by atoms with Crippen molar-refractivity contribution in [3.05, 3.63) is 45.8 Å². The molecule has 1 aromatic carbocycles. The van der Waals surface area contributed by atoms with Gasteiger partial charge in [0.05, 0.1) is 19.3 Å². The largest absolute Gasteiger partial charge is 0.497 e. The minimum atomic E-state index is -1.33. The molecule has 1 saturated heterocycles. The summed E-state index contributed by atoms with van der Waals surface area (Å²) in [6.07, 6.45) is 2.52. The van der Waals surface area contributed by atoms with Gasteiger partial charge in [-0.05, 0) is 62.3 Å². The molecule has 2 heterocycles. The molecule has 1 aromatic heterocycles. The number of esters is 1. The van der Waals surface area contributed by atoms with Gasteiger partial charge in [-0.2, -0.15) is 0 Å². The average Bonchev–Trinajstić information content (AvgIpc) is 3.28. The first kappa shape index (κ1) is 24.7. The lowest BCUT2D eigenvalue weighted by Gasteiger charge is -2.22. The van der Waals surface area contributed by atoms with Crippen LogP contribution in [0.2, 0.25) is 0 Å². The first-order chi connectivity index (χ1) is 16.7. The van der Waals surface area contributed by atoms with Crippen LogP contribution in [0.25, 0.3) is 0 Å². The van der Waals surface area contributed by atoms with Crippen LogP contribution in [0.3, 0.4) is 0 Å². The molecule has 1 fully saturated rings. The lowest BCUT2D eigenvalue weighted by atomic mass is 9.88. The predicted octanol–water partition coefficient (Wildman–Crippen LogP) is 3.46. The molecule has 2 atom stereocenters. The summed E-state index contributed by atoms with van der Waals surface area (Å²) < 4.78 is 10.5. The van der Waals surface area contributed by atoms with E-state index < -0.39 is 35.9 Å². The van der Waals surface area contributed by atoms with Crippen LogP contribution in [0.4, 0.5) is 9.80 Å². The molecule has 2 aromatic rings. The molecule has 0 spiro atoms. The van der Waals surface area contributed by atoms with Gasteiger partial charge in [-0.3, -0.25) is 14.5 Å². The van der Waals surface area contributed by atoms with Gasteiger partial charge in [0.15, 0.2) is 0 Å². The van der Waals surface area contributed by atoms with Gasteiger partial charge in [-0.1, -0.05) is 19.1 Å². The van der Waals surface area contributed by atoms with E-state index in [4.69, 9.17) is 9.47 Å². The number of ether oxygens (including phenoxy) is 2. The zero-order chi connectivity index (χ0) is 25.3. The van der Waals surface area contributed by atoms with Gasteiger partial charge >= 0.3 is 12.0 Å². The van der Waals surface area contributed by atoms with E-state index in [-0.39, 0.29) is 6.61 Å². The summed E-state index contributed by atoms with van der Waals surface area (Å²) in [5.41, 5.74) is 0.510. The second-order valence-corrected chi connectivity index (χ2v) is 10.1. The van der Waals surface area contributed by atoms with Crippen molar-refractivity contribution in [2.45, 2.75) is 45.6 Å². The predicted molar refractivity (Wildman–Crippen MR) is 131 cm³/mol. The monoisotopic (exact) mass is 499 g/mol. The standard InChI is InChI=1S/C25H29N3O6S/c1-5-34-22(30)20-17-10-9-14(2)11-18(17)35-21(20)26-19(29)13-28-23(31)25(3,27-24(28)32)15-7-6-8-16(12-15)33-4/h6-8,12,14H,5,9-11,13H2,1-4H3,(H,26,29)(H,27,32)/t14-,25+/m1/s1. The van der Waals surface area contributed by atoms with Crippen LogP contribution in [0, 0.1) is 5.92 Å². The van der Waals surface area contributed by atoms with Gasteiger partial charge in [0, 0.05) is 4.88 Å². The number of methoxy groups -OCH3 is 1. The van der Waals surface area contributed by atoms with Gasteiger partial charge in [-0.25, -0.2) is 9.59 Å². The molecule has 1 aliphatic heterocycles. The number of nitrogens with zero attached hydrogens (tertiary/aromatic N) is 1. The van der Waals surface area contributed by atoms with Crippen molar-refractivity contribution in [1.29, 1.82) is 0 Å². The fourth-order valence-electron chi connectivity index (χ4n) is 4.54. The van der Waals surface area contributed by atoms with E-state index in [9.17, 15) is 19.2 Å². The molecule has 0 unspecified atom stereocenters. The Hall–Kier alpha value is -3.40. The summed E-state index contributed by atoms with van der Waals surface area (Å²) in [6, 6.07) is 6.18. The van der Waals surface area contributed by atoms with E-state index >= 15 is 0 Å². The molecule has 0 saturated carbocycles. The number of carbonyl (C=O) groups is 4. The van der Waals surface area contributed by atoms with Crippen LogP contribution in [-0.2, 0) is 32.7 Å². The molecule has 4 rings (SSSR count). The molecule has 0 bridgehead atoms. The van der Waals surface area contributed by atoms with Gasteiger partial charge < -0.3 is 20.1 Å². The number of carbonyl (C=O) groups excluding carboxylic acids is 4. The summed E-state index contributed by atoms with van der Waals surface area (Å²) in [5, 5.41) is 5.85. The molecule has 35 heavy (non-hydrogen) atoms. The molecule has 9 nitrogen and oxygen atoms in total. The van der Waals surface area contributed by atoms with E-state index in [2.05, 4.69) is 17.6 Å². The number of hydrogen-bond donors (Lipinski definition) is 2. The smallest absolute Gasteiger partial charge is 0.341 e. The van der Waals surface area contributed by atoms with Crippen molar-refractivity contribution < 1.29 is 28.7 Å². The van der Waals surface area contributed by atoms with E-state index in [1.807, 2.05) is 0 Å². The van der Waals surface area contributed by atoms with Gasteiger partial charge in [0.2, 0.25) is 5.91 Å². The Labute approximate surface area is 207 Å². The summed E-state index contributed by atoms with van der Waals surface area (Å²) in [7, 11) is 1.51. The Kier molecular flexibility index (Phi) is 6.84. The minimum absolute atomic E-state index is 0.221. The zero-order valence-corrected chi connectivity index (χ0v) is 21.0. The number of anilines is 1. The van der Waals surface area contributed by atoms with Crippen LogP contribution in [0.15, 0.2) is 24.3 Å². The molecular weight excluding hydrogens is 470 g/mol. The first-order valence-electron chi connectivity index (χ1n) is 11.6. The molecule has 0 radical (unpaired) electrons. The minimum Gasteiger partial charge on any atom is -0.497 e. The highest BCUT2D eigenvalue weighted by Crippen LogP contribution is 2.40. The molecule has 4 amide bonds. The highest BCUT2D eigenvalue weighted by atomic mass is 32.1. The number of urea groups is 1. The summed E-state index contributed by atoms with van der Waals surface area (Å²) in [4.78, 5) is 53.5. The Morgan fingerprint density at radius 1 is 1.31 bits per heavy atom. The second kappa shape index (κ2) is 9.69. The number of hydrogen-bond acceptors (Lipinski definition) is 7. The van der Waals surface area contributed by atoms with E-state index in [1.165, 1.54) is 18.4 Å². The van der Waals surface area contributed by atoms with Gasteiger partial charge in [0.25, 0.3) is 5.91 Å². The number of imide groups is 1. The lowest BCUT2D eigenvalue weighted by molar-refractivity contribution is -0.133. The molecule has 2 aliphatic rings. The molecule has 186 valence electrons. The van der Waals surface area contributed by atoms with Crippen LogP contribution in [0.1, 0.15) is 53.6 Å². The third-order valence-corrected chi connectivity index (χ3v) is 7.64. The Morgan fingerprint density at radius 3 is 2.80 bits per heavy atom. The first-order valence-corrected chi connectivity index (χ1v) is 12.4. The summed E-state index contributed by atoms with van der Waals surface area (Å²) >= 11 is 1.36. The van der Waals surface area contributed by atoms with Crippen molar-refractivity contribution in [3.63, 3.8) is 0 Å². The lowest BCUT2D eigenvalue weighted by Crippen LogP contribution is -2.42. The van der Waals surface area contributed by atoms with Crippen molar-refractivity contribution in [2.24, 2.45) is 5.92 Å². The van der Waals surface area contributed by atoms with Gasteiger partial charge in [-0.15, -0.1) is 11.3 Å². The molecule has 1 aliphatic carbocycles. The number of thiophene rings is 1. The maximum absolute atomic E-state index is 13.2. The SMILES string of the molecule is CCOC(=O)c1c(NC(=O)CN2C(=O)N[C@@](C)(c3cccc(OC)c3)C2=O)sc2c1CC[C@@H](C)C2. The number of rotatable bonds is 7. The van der Waals surface area contributed by atoms with E-state index in [0.29, 0.717) is 27.8 Å². The summed E-state index contributed by atoms with van der Waals surface area (Å²) in [6.45, 7) is 5.22. The van der Waals surface area contributed by atoms with Crippen molar-refractivity contribution in [2.75, 3.05) is 25.6 Å². The van der Waals surface area contributed by atoms with E-state index in [0.717, 1.165) is 34.6 Å². The highest BCUT2D eigenvalue weighted by molar-refractivity contribution is 7.17. The Morgan fingerprint density at radius 2 is 2.09 bits per heavy atom. The number of nitrogens with one attached hydrogen (secondary N) is 2. The zero-order valence-electron chi connectivity index (χ0n) is 20.2. The number of benzene rings is 1.